The van der Waals surface area contributed by atoms with Gasteiger partial charge in [0.25, 0.3) is 0 Å². The lowest BCUT2D eigenvalue weighted by Gasteiger charge is -2.32. The summed E-state index contributed by atoms with van der Waals surface area (Å²) in [6, 6.07) is 12.1. The van der Waals surface area contributed by atoms with Gasteiger partial charge in [-0.15, -0.1) is 0 Å². The van der Waals surface area contributed by atoms with Crippen LogP contribution in [-0.2, 0) is 15.9 Å². The fourth-order valence-corrected chi connectivity index (χ4v) is 2.77. The monoisotopic (exact) mass is 358 g/mol. The van der Waals surface area contributed by atoms with Gasteiger partial charge in [0.05, 0.1) is 18.3 Å². The molecule has 0 spiro atoms. The maximum Gasteiger partial charge on any atom is 0.495 e. The molecular formula is C20H24BFO4. The number of benzene rings is 2. The van der Waals surface area contributed by atoms with E-state index in [4.69, 9.17) is 18.8 Å². The summed E-state index contributed by atoms with van der Waals surface area (Å²) in [4.78, 5) is 0. The lowest BCUT2D eigenvalue weighted by atomic mass is 9.79. The van der Waals surface area contributed by atoms with E-state index < -0.39 is 24.1 Å². The van der Waals surface area contributed by atoms with Crippen molar-refractivity contribution in [1.29, 1.82) is 0 Å². The zero-order chi connectivity index (χ0) is 18.9. The fourth-order valence-electron chi connectivity index (χ4n) is 2.77. The topological polar surface area (TPSA) is 36.9 Å². The van der Waals surface area contributed by atoms with Crippen LogP contribution < -0.4 is 14.9 Å². The predicted octanol–water partition coefficient (Wildman–Crippen LogP) is 3.71. The Morgan fingerprint density at radius 2 is 1.65 bits per heavy atom. The minimum Gasteiger partial charge on any atom is -0.496 e. The number of hydrogen-bond acceptors (Lipinski definition) is 4. The SMILES string of the molecule is COc1ccccc1COc1cc(F)cc(B2OC(C)(C)C(C)(C)O2)c1. The lowest BCUT2D eigenvalue weighted by Crippen LogP contribution is -2.41. The molecule has 3 rings (SSSR count). The molecule has 0 bridgehead atoms. The summed E-state index contributed by atoms with van der Waals surface area (Å²) in [5, 5.41) is 0. The number of rotatable bonds is 5. The molecule has 1 aliphatic rings. The largest absolute Gasteiger partial charge is 0.496 e. The van der Waals surface area contributed by atoms with Crippen LogP contribution in [0.3, 0.4) is 0 Å². The molecule has 1 saturated heterocycles. The van der Waals surface area contributed by atoms with E-state index in [0.29, 0.717) is 11.2 Å². The molecule has 0 unspecified atom stereocenters. The third-order valence-corrected chi connectivity index (χ3v) is 5.01. The predicted molar refractivity (Wildman–Crippen MR) is 99.4 cm³/mol. The van der Waals surface area contributed by atoms with E-state index in [9.17, 15) is 4.39 Å². The standard InChI is InChI=1S/C20H24BFO4/c1-19(2)20(3,4)26-21(25-19)15-10-16(22)12-17(11-15)24-13-14-8-6-7-9-18(14)23-5/h6-12H,13H2,1-5H3. The van der Waals surface area contributed by atoms with Crippen LogP contribution in [0.5, 0.6) is 11.5 Å². The summed E-state index contributed by atoms with van der Waals surface area (Å²) in [5.41, 5.74) is 0.514. The molecule has 0 amide bonds. The third kappa shape index (κ3) is 3.71. The van der Waals surface area contributed by atoms with Gasteiger partial charge in [0.1, 0.15) is 23.9 Å². The highest BCUT2D eigenvalue weighted by Crippen LogP contribution is 2.36. The van der Waals surface area contributed by atoms with Gasteiger partial charge in [0, 0.05) is 11.6 Å². The van der Waals surface area contributed by atoms with Gasteiger partial charge in [-0.1, -0.05) is 18.2 Å². The van der Waals surface area contributed by atoms with Gasteiger partial charge in [0.2, 0.25) is 0 Å². The van der Waals surface area contributed by atoms with E-state index in [1.165, 1.54) is 12.1 Å². The third-order valence-electron chi connectivity index (χ3n) is 5.01. The van der Waals surface area contributed by atoms with Crippen LogP contribution in [0.4, 0.5) is 4.39 Å². The van der Waals surface area contributed by atoms with Gasteiger partial charge in [0.15, 0.2) is 0 Å². The van der Waals surface area contributed by atoms with Crippen LogP contribution in [0.25, 0.3) is 0 Å². The van der Waals surface area contributed by atoms with Gasteiger partial charge in [-0.2, -0.15) is 0 Å². The number of para-hydroxylation sites is 1. The summed E-state index contributed by atoms with van der Waals surface area (Å²) >= 11 is 0. The number of ether oxygens (including phenoxy) is 2. The van der Waals surface area contributed by atoms with Crippen LogP contribution in [0.15, 0.2) is 42.5 Å². The minimum absolute atomic E-state index is 0.274. The molecule has 0 N–H and O–H groups in total. The molecule has 1 heterocycles. The second-order valence-corrected chi connectivity index (χ2v) is 7.41. The minimum atomic E-state index is -0.635. The van der Waals surface area contributed by atoms with Crippen molar-refractivity contribution in [3.8, 4) is 11.5 Å². The maximum absolute atomic E-state index is 14.1. The molecule has 0 atom stereocenters. The Bertz CT molecular complexity index is 775. The molecule has 138 valence electrons. The summed E-state index contributed by atoms with van der Waals surface area (Å²) in [6.07, 6.45) is 0. The Labute approximate surface area is 154 Å². The van der Waals surface area contributed by atoms with Crippen molar-refractivity contribution in [2.75, 3.05) is 7.11 Å². The van der Waals surface area contributed by atoms with Crippen LogP contribution in [0.1, 0.15) is 33.3 Å². The van der Waals surface area contributed by atoms with Crippen molar-refractivity contribution >= 4 is 12.6 Å². The van der Waals surface area contributed by atoms with E-state index in [-0.39, 0.29) is 6.61 Å². The molecule has 0 saturated carbocycles. The highest BCUT2D eigenvalue weighted by atomic mass is 19.1. The van der Waals surface area contributed by atoms with Crippen LogP contribution in [0.2, 0.25) is 0 Å². The molecule has 4 nitrogen and oxygen atoms in total. The summed E-state index contributed by atoms with van der Waals surface area (Å²) in [6.45, 7) is 8.13. The molecule has 1 fully saturated rings. The Balaban J connectivity index is 1.78. The highest BCUT2D eigenvalue weighted by Gasteiger charge is 2.51. The smallest absolute Gasteiger partial charge is 0.495 e. The average Bonchev–Trinajstić information content (AvgIpc) is 2.80. The second-order valence-electron chi connectivity index (χ2n) is 7.41. The molecule has 26 heavy (non-hydrogen) atoms. The van der Waals surface area contributed by atoms with Gasteiger partial charge >= 0.3 is 7.12 Å². The van der Waals surface area contributed by atoms with Gasteiger partial charge in [-0.25, -0.2) is 4.39 Å². The highest BCUT2D eigenvalue weighted by molar-refractivity contribution is 6.62. The lowest BCUT2D eigenvalue weighted by molar-refractivity contribution is 0.00578. The van der Waals surface area contributed by atoms with Gasteiger partial charge < -0.3 is 18.8 Å². The first-order valence-electron chi connectivity index (χ1n) is 8.63. The first-order valence-corrected chi connectivity index (χ1v) is 8.63. The van der Waals surface area contributed by atoms with Gasteiger partial charge in [-0.05, 0) is 51.4 Å². The molecule has 2 aromatic rings. The Hall–Kier alpha value is -2.05. The molecular weight excluding hydrogens is 334 g/mol. The number of halogens is 1. The summed E-state index contributed by atoms with van der Waals surface area (Å²) in [7, 11) is 0.974. The van der Waals surface area contributed by atoms with E-state index in [1.807, 2.05) is 52.0 Å². The van der Waals surface area contributed by atoms with E-state index in [0.717, 1.165) is 11.3 Å². The second kappa shape index (κ2) is 6.93. The van der Waals surface area contributed by atoms with Crippen molar-refractivity contribution < 1.29 is 23.2 Å². The molecule has 2 aromatic carbocycles. The Morgan fingerprint density at radius 1 is 1.00 bits per heavy atom. The zero-order valence-corrected chi connectivity index (χ0v) is 15.8. The van der Waals surface area contributed by atoms with Crippen molar-refractivity contribution in [1.82, 2.24) is 0 Å². The molecule has 0 radical (unpaired) electrons. The van der Waals surface area contributed by atoms with Crippen LogP contribution in [0, 0.1) is 5.82 Å². The van der Waals surface area contributed by atoms with Crippen molar-refractivity contribution in [2.24, 2.45) is 0 Å². The van der Waals surface area contributed by atoms with Crippen molar-refractivity contribution in [3.63, 3.8) is 0 Å². The molecule has 0 aromatic heterocycles. The first kappa shape index (κ1) is 18.7. The molecule has 0 aliphatic carbocycles. The van der Waals surface area contributed by atoms with Crippen molar-refractivity contribution in [2.45, 2.75) is 45.5 Å². The first-order chi connectivity index (χ1) is 12.2. The number of methoxy groups -OCH3 is 1. The summed E-state index contributed by atoms with van der Waals surface area (Å²) in [5.74, 6) is 0.753. The molecule has 1 aliphatic heterocycles. The quantitative estimate of drug-likeness (QED) is 0.764. The fraction of sp³-hybridized carbons (Fsp3) is 0.400. The van der Waals surface area contributed by atoms with E-state index in [1.54, 1.807) is 13.2 Å². The maximum atomic E-state index is 14.1. The molecule has 6 heteroatoms. The van der Waals surface area contributed by atoms with Crippen LogP contribution >= 0.6 is 0 Å². The van der Waals surface area contributed by atoms with Crippen LogP contribution in [-0.4, -0.2) is 25.4 Å². The van der Waals surface area contributed by atoms with Crippen molar-refractivity contribution in [3.05, 3.63) is 53.8 Å². The average molecular weight is 358 g/mol. The van der Waals surface area contributed by atoms with Gasteiger partial charge in [-0.3, -0.25) is 0 Å². The van der Waals surface area contributed by atoms with E-state index in [2.05, 4.69) is 0 Å². The normalized spacial score (nSPS) is 18.0. The van der Waals surface area contributed by atoms with E-state index >= 15 is 0 Å². The Morgan fingerprint density at radius 3 is 2.31 bits per heavy atom. The zero-order valence-electron chi connectivity index (χ0n) is 15.8. The number of hydrogen-bond donors (Lipinski definition) is 0. The Kier molecular flexibility index (Phi) is 4.99. The summed E-state index contributed by atoms with van der Waals surface area (Å²) < 4.78 is 37.2.